The molecule has 0 radical (unpaired) electrons. The van der Waals surface area contributed by atoms with Crippen LogP contribution in [0.1, 0.15) is 27.0 Å². The average molecular weight is 308 g/mol. The molecule has 0 aromatic heterocycles. The van der Waals surface area contributed by atoms with Crippen molar-refractivity contribution in [3.05, 3.63) is 64.7 Å². The van der Waals surface area contributed by atoms with Crippen LogP contribution in [0.2, 0.25) is 0 Å². The molecule has 0 saturated heterocycles. The van der Waals surface area contributed by atoms with E-state index in [1.54, 1.807) is 13.0 Å². The lowest BCUT2D eigenvalue weighted by molar-refractivity contribution is -0.0885. The highest BCUT2D eigenvalue weighted by atomic mass is 19.4. The van der Waals surface area contributed by atoms with Gasteiger partial charge in [-0.3, -0.25) is 4.79 Å². The van der Waals surface area contributed by atoms with Crippen LogP contribution in [-0.2, 0) is 6.61 Å². The quantitative estimate of drug-likeness (QED) is 0.770. The van der Waals surface area contributed by atoms with E-state index in [2.05, 4.69) is 0 Å². The molecule has 2 aromatic carbocycles. The van der Waals surface area contributed by atoms with Gasteiger partial charge >= 0.3 is 6.18 Å². The maximum atomic E-state index is 12.5. The van der Waals surface area contributed by atoms with Crippen molar-refractivity contribution in [3.8, 4) is 5.75 Å². The maximum absolute atomic E-state index is 12.5. The number of halogens is 3. The second-order valence-electron chi connectivity index (χ2n) is 5.14. The number of hydrogen-bond acceptors (Lipinski definition) is 2. The second kappa shape index (κ2) is 6.22. The van der Waals surface area contributed by atoms with Crippen LogP contribution in [0.3, 0.4) is 0 Å². The fraction of sp³-hybridized carbons (Fsp3) is 0.235. The molecule has 0 aliphatic rings. The number of ketones is 1. The fourth-order valence-electron chi connectivity index (χ4n) is 2.09. The zero-order valence-corrected chi connectivity index (χ0v) is 12.2. The normalized spacial score (nSPS) is 11.3. The van der Waals surface area contributed by atoms with Gasteiger partial charge in [0.15, 0.2) is 0 Å². The van der Waals surface area contributed by atoms with Crippen molar-refractivity contribution in [2.45, 2.75) is 26.6 Å². The van der Waals surface area contributed by atoms with E-state index in [4.69, 9.17) is 4.74 Å². The summed E-state index contributed by atoms with van der Waals surface area (Å²) >= 11 is 0. The van der Waals surface area contributed by atoms with Crippen LogP contribution in [0.5, 0.6) is 5.75 Å². The summed E-state index contributed by atoms with van der Waals surface area (Å²) < 4.78 is 43.0. The van der Waals surface area contributed by atoms with E-state index < -0.39 is 17.5 Å². The Balaban J connectivity index is 2.18. The Labute approximate surface area is 126 Å². The zero-order chi connectivity index (χ0) is 16.3. The largest absolute Gasteiger partial charge is 0.489 e. The van der Waals surface area contributed by atoms with Gasteiger partial charge in [0.1, 0.15) is 12.4 Å². The summed E-state index contributed by atoms with van der Waals surface area (Å²) in [5.74, 6) is -1.62. The summed E-state index contributed by atoms with van der Waals surface area (Å²) in [6, 6.07) is 11.5. The molecule has 0 saturated carbocycles. The highest BCUT2D eigenvalue weighted by molar-refractivity contribution is 6.00. The van der Waals surface area contributed by atoms with Gasteiger partial charge in [-0.2, -0.15) is 13.2 Å². The van der Waals surface area contributed by atoms with E-state index in [1.807, 2.05) is 31.2 Å². The molecule has 116 valence electrons. The SMILES string of the molecule is Cc1cccc(COc2cc(C)cc(C(=O)C(F)(F)F)c2)c1. The van der Waals surface area contributed by atoms with Gasteiger partial charge < -0.3 is 4.74 Å². The average Bonchev–Trinajstić information content (AvgIpc) is 2.43. The van der Waals surface area contributed by atoms with Gasteiger partial charge in [0.25, 0.3) is 5.78 Å². The highest BCUT2D eigenvalue weighted by Crippen LogP contribution is 2.25. The Morgan fingerprint density at radius 1 is 1.05 bits per heavy atom. The highest BCUT2D eigenvalue weighted by Gasteiger charge is 2.39. The molecule has 0 spiro atoms. The molecule has 2 rings (SSSR count). The molecule has 0 atom stereocenters. The van der Waals surface area contributed by atoms with Gasteiger partial charge in [0, 0.05) is 5.56 Å². The van der Waals surface area contributed by atoms with Gasteiger partial charge in [-0.1, -0.05) is 29.8 Å². The van der Waals surface area contributed by atoms with Crippen LogP contribution in [-0.4, -0.2) is 12.0 Å². The standard InChI is InChI=1S/C17H15F3O2/c1-11-4-3-5-13(6-11)10-22-15-8-12(2)7-14(9-15)16(21)17(18,19)20/h3-9H,10H2,1-2H3. The molecule has 0 N–H and O–H groups in total. The number of carbonyl (C=O) groups excluding carboxylic acids is 1. The summed E-state index contributed by atoms with van der Waals surface area (Å²) in [5.41, 5.74) is 2.10. The Bertz CT molecular complexity index is 691. The van der Waals surface area contributed by atoms with Crippen LogP contribution in [0.25, 0.3) is 0 Å². The molecule has 0 unspecified atom stereocenters. The number of alkyl halides is 3. The third-order valence-electron chi connectivity index (χ3n) is 3.06. The lowest BCUT2D eigenvalue weighted by atomic mass is 10.1. The van der Waals surface area contributed by atoms with E-state index in [1.165, 1.54) is 6.07 Å². The van der Waals surface area contributed by atoms with Crippen molar-refractivity contribution >= 4 is 5.78 Å². The summed E-state index contributed by atoms with van der Waals surface area (Å²) in [6.45, 7) is 3.79. The number of benzene rings is 2. The van der Waals surface area contributed by atoms with Crippen LogP contribution >= 0.6 is 0 Å². The van der Waals surface area contributed by atoms with Crippen LogP contribution in [0, 0.1) is 13.8 Å². The molecule has 2 nitrogen and oxygen atoms in total. The third-order valence-corrected chi connectivity index (χ3v) is 3.06. The number of Topliss-reactive ketones (excluding diaryl/α,β-unsaturated/α-hetero) is 1. The van der Waals surface area contributed by atoms with Crippen LogP contribution < -0.4 is 4.74 Å². The summed E-state index contributed by atoms with van der Waals surface area (Å²) in [4.78, 5) is 11.3. The van der Waals surface area contributed by atoms with Crippen LogP contribution in [0.15, 0.2) is 42.5 Å². The summed E-state index contributed by atoms with van der Waals surface area (Å²) in [7, 11) is 0. The topological polar surface area (TPSA) is 26.3 Å². The van der Waals surface area contributed by atoms with Crippen molar-refractivity contribution < 1.29 is 22.7 Å². The molecule has 22 heavy (non-hydrogen) atoms. The molecule has 0 fully saturated rings. The van der Waals surface area contributed by atoms with Crippen molar-refractivity contribution in [3.63, 3.8) is 0 Å². The Hall–Kier alpha value is -2.30. The van der Waals surface area contributed by atoms with Crippen molar-refractivity contribution in [2.75, 3.05) is 0 Å². The fourth-order valence-corrected chi connectivity index (χ4v) is 2.09. The van der Waals surface area contributed by atoms with E-state index in [9.17, 15) is 18.0 Å². The van der Waals surface area contributed by atoms with Gasteiger partial charge in [-0.25, -0.2) is 0 Å². The minimum Gasteiger partial charge on any atom is -0.489 e. The van der Waals surface area contributed by atoms with Gasteiger partial charge in [-0.05, 0) is 43.2 Å². The molecule has 0 amide bonds. The molecular weight excluding hydrogens is 293 g/mol. The smallest absolute Gasteiger partial charge is 0.454 e. The number of aryl methyl sites for hydroxylation is 2. The number of carbonyl (C=O) groups is 1. The lowest BCUT2D eigenvalue weighted by Gasteiger charge is -2.11. The minimum absolute atomic E-state index is 0.227. The minimum atomic E-state index is -4.89. The molecule has 2 aromatic rings. The van der Waals surface area contributed by atoms with E-state index in [-0.39, 0.29) is 12.4 Å². The van der Waals surface area contributed by atoms with E-state index in [0.717, 1.165) is 17.2 Å². The molecule has 5 heteroatoms. The zero-order valence-electron chi connectivity index (χ0n) is 12.2. The first-order chi connectivity index (χ1) is 10.3. The molecular formula is C17H15F3O2. The predicted molar refractivity (Wildman–Crippen MR) is 77.1 cm³/mol. The van der Waals surface area contributed by atoms with Crippen molar-refractivity contribution in [1.29, 1.82) is 0 Å². The van der Waals surface area contributed by atoms with Crippen LogP contribution in [0.4, 0.5) is 13.2 Å². The number of ether oxygens (including phenoxy) is 1. The predicted octanol–water partition coefficient (Wildman–Crippen LogP) is 4.63. The summed E-state index contributed by atoms with van der Waals surface area (Å²) in [6.07, 6.45) is -4.89. The third kappa shape index (κ3) is 4.10. The first-order valence-corrected chi connectivity index (χ1v) is 6.67. The first-order valence-electron chi connectivity index (χ1n) is 6.67. The lowest BCUT2D eigenvalue weighted by Crippen LogP contribution is -2.22. The molecule has 0 bridgehead atoms. The summed E-state index contributed by atoms with van der Waals surface area (Å²) in [5, 5.41) is 0. The first kappa shape index (κ1) is 16.1. The Kier molecular flexibility index (Phi) is 4.54. The number of hydrogen-bond donors (Lipinski definition) is 0. The maximum Gasteiger partial charge on any atom is 0.454 e. The molecule has 0 aliphatic carbocycles. The Morgan fingerprint density at radius 3 is 2.41 bits per heavy atom. The van der Waals surface area contributed by atoms with Crippen molar-refractivity contribution in [1.82, 2.24) is 0 Å². The number of rotatable bonds is 4. The van der Waals surface area contributed by atoms with Gasteiger partial charge in [-0.15, -0.1) is 0 Å². The van der Waals surface area contributed by atoms with E-state index in [0.29, 0.717) is 5.56 Å². The molecule has 0 aliphatic heterocycles. The second-order valence-corrected chi connectivity index (χ2v) is 5.14. The Morgan fingerprint density at radius 2 is 1.77 bits per heavy atom. The van der Waals surface area contributed by atoms with Crippen molar-refractivity contribution in [2.24, 2.45) is 0 Å². The van der Waals surface area contributed by atoms with E-state index >= 15 is 0 Å². The monoisotopic (exact) mass is 308 g/mol. The molecule has 0 heterocycles. The van der Waals surface area contributed by atoms with Gasteiger partial charge in [0.2, 0.25) is 0 Å². The van der Waals surface area contributed by atoms with Gasteiger partial charge in [0.05, 0.1) is 0 Å².